The lowest BCUT2D eigenvalue weighted by molar-refractivity contribution is 0.962. The Morgan fingerprint density at radius 3 is 1.05 bits per heavy atom. The summed E-state index contributed by atoms with van der Waals surface area (Å²) in [5, 5.41) is 0.279. The molecule has 0 bridgehead atoms. The first kappa shape index (κ1) is 17.8. The van der Waals surface area contributed by atoms with Gasteiger partial charge in [-0.25, -0.2) is 0 Å². The average Bonchev–Trinajstić information content (AvgIpc) is 2.45. The van der Waals surface area contributed by atoms with Crippen LogP contribution in [0.5, 0.6) is 0 Å². The van der Waals surface area contributed by atoms with Gasteiger partial charge in [0.05, 0.1) is 20.1 Å². The second-order valence-corrected chi connectivity index (χ2v) is 6.77. The Bertz CT molecular complexity index is 390. The summed E-state index contributed by atoms with van der Waals surface area (Å²) in [7, 11) is 0. The lowest BCUT2D eigenvalue weighted by Crippen LogP contribution is -2.09. The third-order valence-electron chi connectivity index (χ3n) is 2.46. The van der Waals surface area contributed by atoms with E-state index in [9.17, 15) is 0 Å². The van der Waals surface area contributed by atoms with Crippen LogP contribution < -0.4 is 0 Å². The molecule has 2 aliphatic carbocycles. The summed E-state index contributed by atoms with van der Waals surface area (Å²) in [6.45, 7) is 0. The number of hydrogen-bond donors (Lipinski definition) is 0. The Labute approximate surface area is 143 Å². The van der Waals surface area contributed by atoms with Gasteiger partial charge in [0.15, 0.2) is 4.33 Å². The third-order valence-corrected chi connectivity index (χ3v) is 5.60. The maximum Gasteiger partial charge on any atom is 0.191 e. The van der Waals surface area contributed by atoms with Gasteiger partial charge >= 0.3 is 0 Å². The normalized spacial score (nSPS) is 22.0. The van der Waals surface area contributed by atoms with Gasteiger partial charge in [0.2, 0.25) is 0 Å². The summed E-state index contributed by atoms with van der Waals surface area (Å²) in [5.41, 5.74) is 0. The Kier molecular flexibility index (Phi) is 7.68. The topological polar surface area (TPSA) is 0 Å². The standard InChI is InChI=1S/C8H12.C5Cl6/c1-2-4-6-8-7-5-3-1;6-1-2(7)4(9)5(10,11)3(1)8/h1-2,7-8H,3-6H2;. The summed E-state index contributed by atoms with van der Waals surface area (Å²) in [4.78, 5) is 0. The maximum atomic E-state index is 5.68. The van der Waals surface area contributed by atoms with Crippen LogP contribution in [0.3, 0.4) is 0 Å². The summed E-state index contributed by atoms with van der Waals surface area (Å²) >= 11 is 33.8. The van der Waals surface area contributed by atoms with Crippen LogP contribution in [0.15, 0.2) is 44.4 Å². The van der Waals surface area contributed by atoms with Crippen LogP contribution in [-0.2, 0) is 0 Å². The molecule has 0 heterocycles. The maximum absolute atomic E-state index is 5.68. The minimum Gasteiger partial charge on any atom is -0.0888 e. The smallest absolute Gasteiger partial charge is 0.0888 e. The molecule has 0 radical (unpaired) electrons. The molecule has 0 nitrogen and oxygen atoms in total. The predicted octanol–water partition coefficient (Wildman–Crippen LogP) is 7.23. The highest BCUT2D eigenvalue weighted by Gasteiger charge is 2.42. The summed E-state index contributed by atoms with van der Waals surface area (Å²) in [6.07, 6.45) is 14.0. The van der Waals surface area contributed by atoms with Crippen molar-refractivity contribution in [2.24, 2.45) is 0 Å². The first-order chi connectivity index (χ1) is 8.89. The molecule has 0 spiro atoms. The molecule has 0 unspecified atom stereocenters. The molecule has 0 aromatic heterocycles. The molecule has 106 valence electrons. The van der Waals surface area contributed by atoms with E-state index in [2.05, 4.69) is 24.3 Å². The van der Waals surface area contributed by atoms with Gasteiger partial charge in [-0.15, -0.1) is 0 Å². The summed E-state index contributed by atoms with van der Waals surface area (Å²) in [6, 6.07) is 0. The van der Waals surface area contributed by atoms with E-state index in [0.29, 0.717) is 0 Å². The van der Waals surface area contributed by atoms with Gasteiger partial charge in [0, 0.05) is 0 Å². The summed E-state index contributed by atoms with van der Waals surface area (Å²) in [5.74, 6) is 0. The van der Waals surface area contributed by atoms with E-state index in [1.165, 1.54) is 25.7 Å². The van der Waals surface area contributed by atoms with E-state index in [-0.39, 0.29) is 20.1 Å². The number of halogens is 6. The molecule has 19 heavy (non-hydrogen) atoms. The van der Waals surface area contributed by atoms with Gasteiger partial charge in [-0.05, 0) is 25.7 Å². The van der Waals surface area contributed by atoms with Crippen molar-refractivity contribution < 1.29 is 0 Å². The minimum absolute atomic E-state index is 0.0394. The zero-order valence-corrected chi connectivity index (χ0v) is 14.4. The highest BCUT2D eigenvalue weighted by atomic mass is 35.5. The van der Waals surface area contributed by atoms with Gasteiger partial charge in [0.1, 0.15) is 0 Å². The van der Waals surface area contributed by atoms with Crippen molar-refractivity contribution >= 4 is 69.6 Å². The highest BCUT2D eigenvalue weighted by molar-refractivity contribution is 6.67. The van der Waals surface area contributed by atoms with Crippen LogP contribution >= 0.6 is 69.6 Å². The van der Waals surface area contributed by atoms with E-state index in [4.69, 9.17) is 69.6 Å². The molecule has 0 saturated carbocycles. The van der Waals surface area contributed by atoms with Crippen LogP contribution in [0.2, 0.25) is 0 Å². The third kappa shape index (κ3) is 4.88. The number of hydrogen-bond acceptors (Lipinski definition) is 0. The lowest BCUT2D eigenvalue weighted by Gasteiger charge is -2.11. The molecule has 0 atom stereocenters. The second-order valence-electron chi connectivity index (χ2n) is 3.93. The molecular formula is C13H12Cl6. The zero-order valence-electron chi connectivity index (χ0n) is 9.91. The molecule has 0 N–H and O–H groups in total. The Morgan fingerprint density at radius 1 is 0.632 bits per heavy atom. The molecule has 2 rings (SSSR count). The van der Waals surface area contributed by atoms with E-state index in [0.717, 1.165) is 0 Å². The van der Waals surface area contributed by atoms with E-state index >= 15 is 0 Å². The molecule has 0 aromatic carbocycles. The molecule has 0 aliphatic heterocycles. The van der Waals surface area contributed by atoms with E-state index < -0.39 is 4.33 Å². The van der Waals surface area contributed by atoms with Crippen molar-refractivity contribution in [3.05, 3.63) is 44.4 Å². The SMILES string of the molecule is C1=CCCC=CCC1.ClC1=C(Cl)C(Cl)(Cl)C(Cl)=C1Cl. The number of allylic oxidation sites excluding steroid dienone is 8. The van der Waals surface area contributed by atoms with Crippen LogP contribution in [0.1, 0.15) is 25.7 Å². The quantitative estimate of drug-likeness (QED) is 0.307. The Balaban J connectivity index is 0.000000200. The Hall–Kier alpha value is 0.700. The van der Waals surface area contributed by atoms with Crippen molar-refractivity contribution in [1.82, 2.24) is 0 Å². The van der Waals surface area contributed by atoms with Gasteiger partial charge in [-0.3, -0.25) is 0 Å². The van der Waals surface area contributed by atoms with Gasteiger partial charge in [-0.2, -0.15) is 0 Å². The molecule has 0 saturated heterocycles. The van der Waals surface area contributed by atoms with Crippen molar-refractivity contribution in [3.63, 3.8) is 0 Å². The van der Waals surface area contributed by atoms with Crippen LogP contribution in [0, 0.1) is 0 Å². The van der Waals surface area contributed by atoms with Crippen LogP contribution in [0.25, 0.3) is 0 Å². The van der Waals surface area contributed by atoms with Crippen molar-refractivity contribution in [2.75, 3.05) is 0 Å². The predicted molar refractivity (Wildman–Crippen MR) is 88.6 cm³/mol. The number of alkyl halides is 2. The van der Waals surface area contributed by atoms with Gasteiger partial charge in [-0.1, -0.05) is 93.9 Å². The Morgan fingerprint density at radius 2 is 0.895 bits per heavy atom. The van der Waals surface area contributed by atoms with Crippen molar-refractivity contribution in [2.45, 2.75) is 30.0 Å². The minimum atomic E-state index is -1.47. The fraction of sp³-hybridized carbons (Fsp3) is 0.385. The first-order valence-corrected chi connectivity index (χ1v) is 7.95. The van der Waals surface area contributed by atoms with Gasteiger partial charge in [0.25, 0.3) is 0 Å². The van der Waals surface area contributed by atoms with E-state index in [1.807, 2.05) is 0 Å². The lowest BCUT2D eigenvalue weighted by atomic mass is 10.1. The fourth-order valence-corrected chi connectivity index (χ4v) is 2.99. The second kappa shape index (κ2) is 8.22. The first-order valence-electron chi connectivity index (χ1n) is 5.68. The average molecular weight is 381 g/mol. The molecule has 0 aromatic rings. The zero-order chi connectivity index (χ0) is 14.5. The number of rotatable bonds is 0. The van der Waals surface area contributed by atoms with Crippen LogP contribution in [0.4, 0.5) is 0 Å². The van der Waals surface area contributed by atoms with Crippen molar-refractivity contribution in [1.29, 1.82) is 0 Å². The summed E-state index contributed by atoms with van der Waals surface area (Å²) < 4.78 is -1.47. The van der Waals surface area contributed by atoms with Crippen LogP contribution in [-0.4, -0.2) is 4.33 Å². The molecule has 6 heteroatoms. The fourth-order valence-electron chi connectivity index (χ4n) is 1.42. The van der Waals surface area contributed by atoms with E-state index in [1.54, 1.807) is 0 Å². The van der Waals surface area contributed by atoms with Crippen molar-refractivity contribution in [3.8, 4) is 0 Å². The molecule has 0 fully saturated rings. The largest absolute Gasteiger partial charge is 0.191 e. The molecule has 2 aliphatic rings. The van der Waals surface area contributed by atoms with Gasteiger partial charge < -0.3 is 0 Å². The molecule has 0 amide bonds. The highest BCUT2D eigenvalue weighted by Crippen LogP contribution is 2.53. The molecular weight excluding hydrogens is 369 g/mol. The monoisotopic (exact) mass is 378 g/mol.